The summed E-state index contributed by atoms with van der Waals surface area (Å²) >= 11 is 12.4. The van der Waals surface area contributed by atoms with Crippen molar-refractivity contribution in [3.8, 4) is 33.9 Å². The number of aromatic amines is 1. The highest BCUT2D eigenvalue weighted by atomic mass is 35.5. The second-order valence-corrected chi connectivity index (χ2v) is 6.46. The molecule has 0 fully saturated rings. The molecule has 4 aromatic rings. The van der Waals surface area contributed by atoms with Crippen LogP contribution < -0.4 is 5.73 Å². The van der Waals surface area contributed by atoms with Crippen LogP contribution in [-0.2, 0) is 0 Å². The number of nitrogens with one attached hydrogen (secondary N) is 1. The highest BCUT2D eigenvalue weighted by Crippen LogP contribution is 2.35. The van der Waals surface area contributed by atoms with Crippen molar-refractivity contribution in [2.75, 3.05) is 5.73 Å². The van der Waals surface area contributed by atoms with Gasteiger partial charge >= 0.3 is 0 Å². The number of nitrogen functional groups attached to an aromatic ring is 1. The van der Waals surface area contributed by atoms with Gasteiger partial charge in [0.25, 0.3) is 0 Å². The average molecular weight is 382 g/mol. The maximum atomic E-state index is 6.36. The molecule has 0 aliphatic carbocycles. The summed E-state index contributed by atoms with van der Waals surface area (Å²) in [6.45, 7) is 0. The molecule has 128 valence electrons. The SMILES string of the molecule is Nc1ncc(-c2nc(-c3ccccc3)c[nH]2)c(-c2ccc(Cl)cc2Cl)n1. The van der Waals surface area contributed by atoms with Crippen molar-refractivity contribution in [2.24, 2.45) is 0 Å². The fourth-order valence-corrected chi connectivity index (χ4v) is 3.17. The van der Waals surface area contributed by atoms with Crippen molar-refractivity contribution in [2.45, 2.75) is 0 Å². The third-order valence-corrected chi connectivity index (χ3v) is 4.44. The van der Waals surface area contributed by atoms with Gasteiger partial charge in [-0.2, -0.15) is 0 Å². The molecule has 0 radical (unpaired) electrons. The first-order valence-electron chi connectivity index (χ1n) is 7.81. The van der Waals surface area contributed by atoms with Crippen molar-refractivity contribution in [3.05, 3.63) is 71.0 Å². The molecule has 2 aromatic heterocycles. The number of nitrogens with two attached hydrogens (primary N) is 1. The molecule has 0 atom stereocenters. The van der Waals surface area contributed by atoms with Gasteiger partial charge in [-0.1, -0.05) is 53.5 Å². The number of anilines is 1. The number of benzene rings is 2. The summed E-state index contributed by atoms with van der Waals surface area (Å²) in [5.41, 5.74) is 9.63. The number of imidazole rings is 1. The lowest BCUT2D eigenvalue weighted by Crippen LogP contribution is -1.99. The van der Waals surface area contributed by atoms with E-state index in [1.807, 2.05) is 36.5 Å². The zero-order valence-electron chi connectivity index (χ0n) is 13.4. The van der Waals surface area contributed by atoms with E-state index in [0.717, 1.165) is 11.3 Å². The summed E-state index contributed by atoms with van der Waals surface area (Å²) in [6, 6.07) is 15.1. The molecule has 0 saturated carbocycles. The number of aromatic nitrogens is 4. The van der Waals surface area contributed by atoms with E-state index in [4.69, 9.17) is 28.9 Å². The van der Waals surface area contributed by atoms with E-state index in [9.17, 15) is 0 Å². The zero-order chi connectivity index (χ0) is 18.1. The van der Waals surface area contributed by atoms with E-state index >= 15 is 0 Å². The van der Waals surface area contributed by atoms with E-state index < -0.39 is 0 Å². The molecule has 26 heavy (non-hydrogen) atoms. The van der Waals surface area contributed by atoms with Gasteiger partial charge < -0.3 is 10.7 Å². The molecule has 0 amide bonds. The largest absolute Gasteiger partial charge is 0.368 e. The Bertz CT molecular complexity index is 1080. The van der Waals surface area contributed by atoms with Crippen molar-refractivity contribution >= 4 is 29.2 Å². The Hall–Kier alpha value is -2.89. The first-order valence-corrected chi connectivity index (χ1v) is 8.56. The molecule has 5 nitrogen and oxygen atoms in total. The molecule has 0 saturated heterocycles. The van der Waals surface area contributed by atoms with Gasteiger partial charge in [0.15, 0.2) is 0 Å². The number of hydrogen-bond donors (Lipinski definition) is 2. The van der Waals surface area contributed by atoms with Crippen molar-refractivity contribution in [1.29, 1.82) is 0 Å². The normalized spacial score (nSPS) is 10.8. The number of rotatable bonds is 3. The van der Waals surface area contributed by atoms with E-state index in [2.05, 4.69) is 19.9 Å². The lowest BCUT2D eigenvalue weighted by molar-refractivity contribution is 1.17. The van der Waals surface area contributed by atoms with Crippen LogP contribution in [0.25, 0.3) is 33.9 Å². The molecule has 0 unspecified atom stereocenters. The molecule has 0 spiro atoms. The van der Waals surface area contributed by atoms with Gasteiger partial charge in [0.05, 0.1) is 22.0 Å². The lowest BCUT2D eigenvalue weighted by Gasteiger charge is -2.09. The number of halogens is 2. The minimum Gasteiger partial charge on any atom is -0.368 e. The second kappa shape index (κ2) is 6.78. The summed E-state index contributed by atoms with van der Waals surface area (Å²) in [6.07, 6.45) is 3.48. The van der Waals surface area contributed by atoms with Gasteiger partial charge in [-0.05, 0) is 18.2 Å². The molecule has 2 aromatic carbocycles. The van der Waals surface area contributed by atoms with E-state index in [1.54, 1.807) is 24.4 Å². The summed E-state index contributed by atoms with van der Waals surface area (Å²) in [4.78, 5) is 16.3. The lowest BCUT2D eigenvalue weighted by atomic mass is 10.1. The van der Waals surface area contributed by atoms with E-state index in [0.29, 0.717) is 32.7 Å². The smallest absolute Gasteiger partial charge is 0.220 e. The molecule has 3 N–H and O–H groups in total. The van der Waals surface area contributed by atoms with E-state index in [-0.39, 0.29) is 5.95 Å². The van der Waals surface area contributed by atoms with Crippen LogP contribution in [0.5, 0.6) is 0 Å². The van der Waals surface area contributed by atoms with Gasteiger partial charge in [-0.3, -0.25) is 0 Å². The highest BCUT2D eigenvalue weighted by Gasteiger charge is 2.16. The summed E-state index contributed by atoms with van der Waals surface area (Å²) < 4.78 is 0. The molecule has 0 aliphatic heterocycles. The Morgan fingerprint density at radius 1 is 0.923 bits per heavy atom. The Morgan fingerprint density at radius 3 is 2.50 bits per heavy atom. The highest BCUT2D eigenvalue weighted by molar-refractivity contribution is 6.36. The number of hydrogen-bond acceptors (Lipinski definition) is 4. The van der Waals surface area contributed by atoms with Crippen LogP contribution in [0.1, 0.15) is 0 Å². The maximum absolute atomic E-state index is 6.36. The van der Waals surface area contributed by atoms with Gasteiger partial charge in [-0.25, -0.2) is 15.0 Å². The summed E-state index contributed by atoms with van der Waals surface area (Å²) in [7, 11) is 0. The molecule has 4 rings (SSSR count). The first-order chi connectivity index (χ1) is 12.6. The summed E-state index contributed by atoms with van der Waals surface area (Å²) in [5, 5.41) is 1.03. The third kappa shape index (κ3) is 3.14. The van der Waals surface area contributed by atoms with Crippen LogP contribution in [-0.4, -0.2) is 19.9 Å². The van der Waals surface area contributed by atoms with Crippen molar-refractivity contribution in [3.63, 3.8) is 0 Å². The number of H-pyrrole nitrogens is 1. The quantitative estimate of drug-likeness (QED) is 0.517. The minimum atomic E-state index is 0.157. The molecule has 0 bridgehead atoms. The molecule has 2 heterocycles. The molecular weight excluding hydrogens is 369 g/mol. The predicted octanol–water partition coefficient (Wildman–Crippen LogP) is 5.09. The summed E-state index contributed by atoms with van der Waals surface area (Å²) in [5.74, 6) is 0.787. The van der Waals surface area contributed by atoms with Crippen LogP contribution in [0.3, 0.4) is 0 Å². The predicted molar refractivity (Wildman–Crippen MR) is 105 cm³/mol. The third-order valence-electron chi connectivity index (χ3n) is 3.90. The van der Waals surface area contributed by atoms with Crippen LogP contribution in [0.2, 0.25) is 10.0 Å². The minimum absolute atomic E-state index is 0.157. The standard InChI is InChI=1S/C19H13Cl2N5/c20-12-6-7-13(15(21)8-12)17-14(9-24-19(22)26-17)18-23-10-16(25-18)11-4-2-1-3-5-11/h1-10H,(H,23,25)(H2,22,24,26). The molecule has 0 aliphatic rings. The van der Waals surface area contributed by atoms with Crippen LogP contribution in [0.4, 0.5) is 5.95 Å². The molecule has 7 heteroatoms. The Labute approximate surface area is 159 Å². The van der Waals surface area contributed by atoms with Crippen LogP contribution in [0, 0.1) is 0 Å². The number of nitrogens with zero attached hydrogens (tertiary/aromatic N) is 3. The average Bonchev–Trinajstić information content (AvgIpc) is 3.12. The van der Waals surface area contributed by atoms with Gasteiger partial charge in [0.2, 0.25) is 5.95 Å². The monoisotopic (exact) mass is 381 g/mol. The fourth-order valence-electron chi connectivity index (χ4n) is 2.67. The Kier molecular flexibility index (Phi) is 4.32. The van der Waals surface area contributed by atoms with E-state index in [1.165, 1.54) is 0 Å². The van der Waals surface area contributed by atoms with Gasteiger partial charge in [0, 0.05) is 28.5 Å². The van der Waals surface area contributed by atoms with Crippen LogP contribution >= 0.6 is 23.2 Å². The molecular formula is C19H13Cl2N5. The van der Waals surface area contributed by atoms with Gasteiger partial charge in [0.1, 0.15) is 5.82 Å². The van der Waals surface area contributed by atoms with Crippen molar-refractivity contribution in [1.82, 2.24) is 19.9 Å². The fraction of sp³-hybridized carbons (Fsp3) is 0. The first kappa shape index (κ1) is 16.6. The second-order valence-electron chi connectivity index (χ2n) is 5.62. The Balaban J connectivity index is 1.84. The van der Waals surface area contributed by atoms with Gasteiger partial charge in [-0.15, -0.1) is 0 Å². The van der Waals surface area contributed by atoms with Crippen LogP contribution in [0.15, 0.2) is 60.9 Å². The zero-order valence-corrected chi connectivity index (χ0v) is 15.0. The maximum Gasteiger partial charge on any atom is 0.220 e. The Morgan fingerprint density at radius 2 is 1.73 bits per heavy atom. The topological polar surface area (TPSA) is 80.5 Å². The van der Waals surface area contributed by atoms with Crippen molar-refractivity contribution < 1.29 is 0 Å².